The number of nitrogens with zero attached hydrogens (tertiary/aromatic N) is 1. The Morgan fingerprint density at radius 3 is 2.58 bits per heavy atom. The van der Waals surface area contributed by atoms with Crippen molar-refractivity contribution in [1.82, 2.24) is 4.90 Å². The van der Waals surface area contributed by atoms with Gasteiger partial charge in [0.05, 0.1) is 6.10 Å². The monoisotopic (exact) mass is 262 g/mol. The van der Waals surface area contributed by atoms with Crippen molar-refractivity contribution in [3.8, 4) is 0 Å². The second-order valence-electron chi connectivity index (χ2n) is 5.52. The Balaban J connectivity index is 2.02. The molecule has 0 aromatic heterocycles. The fourth-order valence-corrected chi connectivity index (χ4v) is 2.99. The number of benzene rings is 1. The van der Waals surface area contributed by atoms with E-state index in [4.69, 9.17) is 5.73 Å². The van der Waals surface area contributed by atoms with Gasteiger partial charge >= 0.3 is 0 Å². The maximum atomic E-state index is 10.2. The molecule has 3 nitrogen and oxygen atoms in total. The van der Waals surface area contributed by atoms with E-state index in [1.807, 2.05) is 6.07 Å². The molecule has 0 spiro atoms. The number of hydrogen-bond acceptors (Lipinski definition) is 3. The molecule has 0 heterocycles. The van der Waals surface area contributed by atoms with Crippen molar-refractivity contribution >= 4 is 0 Å². The summed E-state index contributed by atoms with van der Waals surface area (Å²) in [5, 5.41) is 10.2. The van der Waals surface area contributed by atoms with Gasteiger partial charge in [-0.1, -0.05) is 43.2 Å². The summed E-state index contributed by atoms with van der Waals surface area (Å²) in [7, 11) is 0. The van der Waals surface area contributed by atoms with E-state index in [0.29, 0.717) is 12.6 Å². The van der Waals surface area contributed by atoms with Gasteiger partial charge in [0.1, 0.15) is 0 Å². The summed E-state index contributed by atoms with van der Waals surface area (Å²) in [6.07, 6.45) is 5.27. The topological polar surface area (TPSA) is 49.5 Å². The standard InChI is InChI=1S/C16H26N2O/c17-11-6-12-18(13-14-7-2-1-3-8-14)15-9-4-5-10-16(15)19/h1-3,7-8,15-16,19H,4-6,9-13,17H2. The first-order valence-electron chi connectivity index (χ1n) is 7.47. The Morgan fingerprint density at radius 1 is 1.16 bits per heavy atom. The second kappa shape index (κ2) is 7.63. The number of aliphatic hydroxyl groups excluding tert-OH is 1. The van der Waals surface area contributed by atoms with Crippen LogP contribution in [0.3, 0.4) is 0 Å². The number of nitrogens with two attached hydrogens (primary N) is 1. The fraction of sp³-hybridized carbons (Fsp3) is 0.625. The van der Waals surface area contributed by atoms with E-state index in [1.165, 1.54) is 12.0 Å². The second-order valence-corrected chi connectivity index (χ2v) is 5.52. The molecule has 0 radical (unpaired) electrons. The van der Waals surface area contributed by atoms with E-state index < -0.39 is 0 Å². The minimum absolute atomic E-state index is 0.171. The van der Waals surface area contributed by atoms with Gasteiger partial charge in [-0.3, -0.25) is 4.90 Å². The van der Waals surface area contributed by atoms with Crippen molar-refractivity contribution in [2.45, 2.75) is 50.8 Å². The fourth-order valence-electron chi connectivity index (χ4n) is 2.99. The molecule has 2 atom stereocenters. The van der Waals surface area contributed by atoms with Crippen LogP contribution in [0.1, 0.15) is 37.7 Å². The molecule has 1 saturated carbocycles. The average molecular weight is 262 g/mol. The maximum Gasteiger partial charge on any atom is 0.0695 e. The molecule has 106 valence electrons. The van der Waals surface area contributed by atoms with Gasteiger partial charge in [-0.15, -0.1) is 0 Å². The lowest BCUT2D eigenvalue weighted by atomic mass is 9.91. The van der Waals surface area contributed by atoms with Gasteiger partial charge in [0, 0.05) is 19.1 Å². The van der Waals surface area contributed by atoms with Crippen LogP contribution in [0.2, 0.25) is 0 Å². The summed E-state index contributed by atoms with van der Waals surface area (Å²) in [5.74, 6) is 0. The van der Waals surface area contributed by atoms with Crippen LogP contribution in [0.5, 0.6) is 0 Å². The van der Waals surface area contributed by atoms with E-state index in [0.717, 1.165) is 38.8 Å². The lowest BCUT2D eigenvalue weighted by Crippen LogP contribution is -2.45. The van der Waals surface area contributed by atoms with Gasteiger partial charge in [0.2, 0.25) is 0 Å². The molecule has 1 fully saturated rings. The van der Waals surface area contributed by atoms with Gasteiger partial charge in [-0.25, -0.2) is 0 Å². The van der Waals surface area contributed by atoms with Crippen molar-refractivity contribution < 1.29 is 5.11 Å². The zero-order valence-electron chi connectivity index (χ0n) is 11.7. The number of aliphatic hydroxyl groups is 1. The third kappa shape index (κ3) is 4.30. The molecular formula is C16H26N2O. The Hall–Kier alpha value is -0.900. The molecule has 2 unspecified atom stereocenters. The first kappa shape index (κ1) is 14.5. The molecule has 2 rings (SSSR count). The average Bonchev–Trinajstić information content (AvgIpc) is 2.45. The highest BCUT2D eigenvalue weighted by atomic mass is 16.3. The van der Waals surface area contributed by atoms with Crippen LogP contribution in [0.25, 0.3) is 0 Å². The summed E-state index contributed by atoms with van der Waals surface area (Å²) in [6, 6.07) is 10.8. The van der Waals surface area contributed by atoms with Gasteiger partial charge in [-0.2, -0.15) is 0 Å². The van der Waals surface area contributed by atoms with Crippen LogP contribution < -0.4 is 5.73 Å². The highest BCUT2D eigenvalue weighted by molar-refractivity contribution is 5.14. The predicted molar refractivity (Wildman–Crippen MR) is 78.8 cm³/mol. The molecule has 0 bridgehead atoms. The van der Waals surface area contributed by atoms with E-state index in [9.17, 15) is 5.11 Å². The molecule has 3 heteroatoms. The van der Waals surface area contributed by atoms with Crippen molar-refractivity contribution in [1.29, 1.82) is 0 Å². The molecule has 3 N–H and O–H groups in total. The minimum Gasteiger partial charge on any atom is -0.391 e. The van der Waals surface area contributed by atoms with Gasteiger partial charge in [0.15, 0.2) is 0 Å². The van der Waals surface area contributed by atoms with E-state index in [1.54, 1.807) is 0 Å². The summed E-state index contributed by atoms with van der Waals surface area (Å²) in [4.78, 5) is 2.42. The number of hydrogen-bond donors (Lipinski definition) is 2. The summed E-state index contributed by atoms with van der Waals surface area (Å²) >= 11 is 0. The van der Waals surface area contributed by atoms with Crippen molar-refractivity contribution in [3.63, 3.8) is 0 Å². The molecule has 19 heavy (non-hydrogen) atoms. The van der Waals surface area contributed by atoms with Gasteiger partial charge in [0.25, 0.3) is 0 Å². The van der Waals surface area contributed by atoms with Gasteiger partial charge < -0.3 is 10.8 Å². The van der Waals surface area contributed by atoms with E-state index in [2.05, 4.69) is 29.2 Å². The molecule has 0 aliphatic heterocycles. The van der Waals surface area contributed by atoms with Crippen molar-refractivity contribution in [2.24, 2.45) is 5.73 Å². The summed E-state index contributed by atoms with van der Waals surface area (Å²) in [5.41, 5.74) is 6.96. The number of rotatable bonds is 6. The lowest BCUT2D eigenvalue weighted by Gasteiger charge is -2.37. The predicted octanol–water partition coefficient (Wildman–Crippen LogP) is 2.14. The van der Waals surface area contributed by atoms with Gasteiger partial charge in [-0.05, 0) is 31.4 Å². The van der Waals surface area contributed by atoms with Crippen LogP contribution in [-0.4, -0.2) is 35.2 Å². The van der Waals surface area contributed by atoms with Crippen LogP contribution in [0.4, 0.5) is 0 Å². The van der Waals surface area contributed by atoms with Crippen LogP contribution in [0.15, 0.2) is 30.3 Å². The highest BCUT2D eigenvalue weighted by Gasteiger charge is 2.28. The highest BCUT2D eigenvalue weighted by Crippen LogP contribution is 2.24. The molecule has 1 aliphatic carbocycles. The van der Waals surface area contributed by atoms with Crippen molar-refractivity contribution in [2.75, 3.05) is 13.1 Å². The smallest absolute Gasteiger partial charge is 0.0695 e. The summed E-state index contributed by atoms with van der Waals surface area (Å²) < 4.78 is 0. The SMILES string of the molecule is NCCCN(Cc1ccccc1)C1CCCCC1O. The molecular weight excluding hydrogens is 236 g/mol. The quantitative estimate of drug-likeness (QED) is 0.826. The third-order valence-electron chi connectivity index (χ3n) is 4.04. The van der Waals surface area contributed by atoms with E-state index >= 15 is 0 Å². The Bertz CT molecular complexity index is 355. The van der Waals surface area contributed by atoms with Crippen LogP contribution in [-0.2, 0) is 6.54 Å². The van der Waals surface area contributed by atoms with Crippen LogP contribution >= 0.6 is 0 Å². The minimum atomic E-state index is -0.171. The Morgan fingerprint density at radius 2 is 1.89 bits per heavy atom. The molecule has 0 saturated heterocycles. The normalized spacial score (nSPS) is 23.7. The van der Waals surface area contributed by atoms with Crippen molar-refractivity contribution in [3.05, 3.63) is 35.9 Å². The van der Waals surface area contributed by atoms with E-state index in [-0.39, 0.29) is 6.10 Å². The molecule has 1 aliphatic rings. The molecule has 1 aromatic rings. The largest absolute Gasteiger partial charge is 0.391 e. The molecule has 1 aromatic carbocycles. The zero-order valence-corrected chi connectivity index (χ0v) is 11.7. The van der Waals surface area contributed by atoms with Crippen LogP contribution in [0, 0.1) is 0 Å². The Labute approximate surface area is 116 Å². The molecule has 0 amide bonds. The first-order chi connectivity index (χ1) is 9.31. The lowest BCUT2D eigenvalue weighted by molar-refractivity contribution is 0.0154. The Kier molecular flexibility index (Phi) is 5.83. The third-order valence-corrected chi connectivity index (χ3v) is 4.04. The summed E-state index contributed by atoms with van der Waals surface area (Å²) in [6.45, 7) is 2.61. The maximum absolute atomic E-state index is 10.2. The first-order valence-corrected chi connectivity index (χ1v) is 7.47. The zero-order chi connectivity index (χ0) is 13.5.